The van der Waals surface area contributed by atoms with E-state index in [1.807, 2.05) is 19.1 Å². The van der Waals surface area contributed by atoms with Crippen molar-refractivity contribution in [2.45, 2.75) is 26.3 Å². The van der Waals surface area contributed by atoms with E-state index < -0.39 is 0 Å². The predicted molar refractivity (Wildman–Crippen MR) is 85.0 cm³/mol. The van der Waals surface area contributed by atoms with Gasteiger partial charge in [0.1, 0.15) is 13.2 Å². The third kappa shape index (κ3) is 4.37. The van der Waals surface area contributed by atoms with Crippen LogP contribution in [-0.2, 0) is 9.59 Å². The van der Waals surface area contributed by atoms with Crippen LogP contribution < -0.4 is 20.1 Å². The predicted octanol–water partition coefficient (Wildman–Crippen LogP) is 1.92. The van der Waals surface area contributed by atoms with Gasteiger partial charge in [-0.05, 0) is 24.6 Å². The van der Waals surface area contributed by atoms with E-state index in [9.17, 15) is 9.59 Å². The minimum Gasteiger partial charge on any atom is -0.486 e. The third-order valence-corrected chi connectivity index (χ3v) is 3.92. The summed E-state index contributed by atoms with van der Waals surface area (Å²) >= 11 is 3.49. The van der Waals surface area contributed by atoms with Gasteiger partial charge in [-0.25, -0.2) is 0 Å². The Morgan fingerprint density at radius 2 is 1.91 bits per heavy atom. The molecule has 0 bridgehead atoms. The Labute approximate surface area is 137 Å². The van der Waals surface area contributed by atoms with Crippen LogP contribution in [0.3, 0.4) is 0 Å². The number of hydrogen-bond donors (Lipinski definition) is 2. The maximum Gasteiger partial charge on any atom is 0.222 e. The van der Waals surface area contributed by atoms with Gasteiger partial charge in [0.25, 0.3) is 0 Å². The average Bonchev–Trinajstić information content (AvgIpc) is 2.45. The maximum atomic E-state index is 11.9. The molecule has 1 aliphatic rings. The molecule has 1 heterocycles. The second-order valence-corrected chi connectivity index (χ2v) is 5.89. The largest absolute Gasteiger partial charge is 0.486 e. The van der Waals surface area contributed by atoms with E-state index in [-0.39, 0.29) is 24.3 Å². The van der Waals surface area contributed by atoms with Crippen molar-refractivity contribution in [3.05, 3.63) is 22.2 Å². The number of rotatable bonds is 5. The molecule has 1 aromatic carbocycles. The van der Waals surface area contributed by atoms with Crippen LogP contribution in [-0.4, -0.2) is 31.6 Å². The Bertz CT molecular complexity index is 577. The fourth-order valence-electron chi connectivity index (χ4n) is 2.16. The molecule has 2 amide bonds. The molecule has 120 valence electrons. The second-order valence-electron chi connectivity index (χ2n) is 5.04. The van der Waals surface area contributed by atoms with Gasteiger partial charge in [-0.2, -0.15) is 0 Å². The number of amides is 2. The first-order valence-corrected chi connectivity index (χ1v) is 7.89. The van der Waals surface area contributed by atoms with E-state index in [0.717, 1.165) is 10.0 Å². The molecule has 6 nitrogen and oxygen atoms in total. The molecule has 1 atom stereocenters. The van der Waals surface area contributed by atoms with Crippen LogP contribution in [0.5, 0.6) is 11.5 Å². The van der Waals surface area contributed by atoms with Gasteiger partial charge >= 0.3 is 0 Å². The zero-order valence-electron chi connectivity index (χ0n) is 12.6. The van der Waals surface area contributed by atoms with E-state index in [4.69, 9.17) is 9.47 Å². The summed E-state index contributed by atoms with van der Waals surface area (Å²) in [5.41, 5.74) is 0.914. The van der Waals surface area contributed by atoms with Crippen molar-refractivity contribution >= 4 is 27.7 Å². The van der Waals surface area contributed by atoms with Crippen molar-refractivity contribution in [1.29, 1.82) is 0 Å². The third-order valence-electron chi connectivity index (χ3n) is 3.23. The van der Waals surface area contributed by atoms with Gasteiger partial charge in [-0.1, -0.05) is 15.9 Å². The average molecular weight is 371 g/mol. The summed E-state index contributed by atoms with van der Waals surface area (Å²) < 4.78 is 11.9. The Morgan fingerprint density at radius 1 is 1.27 bits per heavy atom. The van der Waals surface area contributed by atoms with Gasteiger partial charge in [-0.15, -0.1) is 0 Å². The molecule has 2 N–H and O–H groups in total. The SMILES string of the molecule is CC(=O)NCCC(=O)N[C@H](C)c1cc2c(cc1Br)OCCO2. The van der Waals surface area contributed by atoms with Gasteiger partial charge in [0.2, 0.25) is 11.8 Å². The minimum absolute atomic E-state index is 0.122. The molecule has 1 aliphatic heterocycles. The molecule has 0 saturated heterocycles. The number of hydrogen-bond acceptors (Lipinski definition) is 4. The summed E-state index contributed by atoms with van der Waals surface area (Å²) in [4.78, 5) is 22.6. The monoisotopic (exact) mass is 370 g/mol. The molecule has 0 spiro atoms. The van der Waals surface area contributed by atoms with E-state index in [2.05, 4.69) is 26.6 Å². The van der Waals surface area contributed by atoms with Crippen LogP contribution in [0.1, 0.15) is 31.9 Å². The molecule has 0 aliphatic carbocycles. The molecule has 0 unspecified atom stereocenters. The first-order chi connectivity index (χ1) is 10.5. The van der Waals surface area contributed by atoms with Crippen molar-refractivity contribution in [3.8, 4) is 11.5 Å². The number of fused-ring (bicyclic) bond motifs is 1. The smallest absolute Gasteiger partial charge is 0.222 e. The van der Waals surface area contributed by atoms with Crippen molar-refractivity contribution in [1.82, 2.24) is 10.6 Å². The summed E-state index contributed by atoms with van der Waals surface area (Å²) in [5.74, 6) is 1.12. The Morgan fingerprint density at radius 3 is 2.55 bits per heavy atom. The maximum absolute atomic E-state index is 11.9. The number of carbonyl (C=O) groups is 2. The van der Waals surface area contributed by atoms with Crippen molar-refractivity contribution in [2.75, 3.05) is 19.8 Å². The molecule has 22 heavy (non-hydrogen) atoms. The van der Waals surface area contributed by atoms with Crippen LogP contribution in [0.15, 0.2) is 16.6 Å². The van der Waals surface area contributed by atoms with E-state index >= 15 is 0 Å². The molecule has 0 radical (unpaired) electrons. The van der Waals surface area contributed by atoms with Gasteiger partial charge in [0.15, 0.2) is 11.5 Å². The normalized spacial score (nSPS) is 14.1. The molecule has 2 rings (SSSR count). The quantitative estimate of drug-likeness (QED) is 0.829. The Balaban J connectivity index is 1.98. The van der Waals surface area contributed by atoms with Gasteiger partial charge in [-0.3, -0.25) is 9.59 Å². The van der Waals surface area contributed by atoms with Gasteiger partial charge in [0, 0.05) is 24.4 Å². The minimum atomic E-state index is -0.185. The molecular weight excluding hydrogens is 352 g/mol. The lowest BCUT2D eigenvalue weighted by atomic mass is 10.1. The van der Waals surface area contributed by atoms with Crippen molar-refractivity contribution in [3.63, 3.8) is 0 Å². The molecule has 1 aromatic rings. The molecular formula is C15H19BrN2O4. The molecule has 7 heteroatoms. The van der Waals surface area contributed by atoms with E-state index in [0.29, 0.717) is 31.3 Å². The molecule has 0 saturated carbocycles. The van der Waals surface area contributed by atoms with Crippen LogP contribution in [0, 0.1) is 0 Å². The molecule has 0 fully saturated rings. The number of nitrogens with one attached hydrogen (secondary N) is 2. The lowest BCUT2D eigenvalue weighted by Crippen LogP contribution is -2.31. The topological polar surface area (TPSA) is 76.7 Å². The van der Waals surface area contributed by atoms with Crippen LogP contribution >= 0.6 is 15.9 Å². The zero-order chi connectivity index (χ0) is 16.1. The summed E-state index contributed by atoms with van der Waals surface area (Å²) in [6.07, 6.45) is 0.242. The van der Waals surface area contributed by atoms with Gasteiger partial charge in [0.05, 0.1) is 6.04 Å². The number of benzene rings is 1. The van der Waals surface area contributed by atoms with Crippen LogP contribution in [0.4, 0.5) is 0 Å². The summed E-state index contributed by atoms with van der Waals surface area (Å²) in [5, 5.41) is 5.50. The fraction of sp³-hybridized carbons (Fsp3) is 0.467. The highest BCUT2D eigenvalue weighted by molar-refractivity contribution is 9.10. The number of carbonyl (C=O) groups excluding carboxylic acids is 2. The first-order valence-electron chi connectivity index (χ1n) is 7.10. The lowest BCUT2D eigenvalue weighted by Gasteiger charge is -2.22. The highest BCUT2D eigenvalue weighted by Crippen LogP contribution is 2.37. The zero-order valence-corrected chi connectivity index (χ0v) is 14.2. The highest BCUT2D eigenvalue weighted by atomic mass is 79.9. The standard InChI is InChI=1S/C15H19BrN2O4/c1-9(18-15(20)3-4-17-10(2)19)11-7-13-14(8-12(11)16)22-6-5-21-13/h7-9H,3-6H2,1-2H3,(H,17,19)(H,18,20)/t9-/m1/s1. The summed E-state index contributed by atoms with van der Waals surface area (Å²) in [6, 6.07) is 3.54. The van der Waals surface area contributed by atoms with Crippen molar-refractivity contribution < 1.29 is 19.1 Å². The fourth-order valence-corrected chi connectivity index (χ4v) is 2.82. The number of ether oxygens (including phenoxy) is 2. The number of halogens is 1. The molecule has 0 aromatic heterocycles. The summed E-state index contributed by atoms with van der Waals surface area (Å²) in [6.45, 7) is 4.70. The first kappa shape index (κ1) is 16.6. The highest BCUT2D eigenvalue weighted by Gasteiger charge is 2.19. The van der Waals surface area contributed by atoms with E-state index in [1.165, 1.54) is 6.92 Å². The van der Waals surface area contributed by atoms with Crippen molar-refractivity contribution in [2.24, 2.45) is 0 Å². The van der Waals surface area contributed by atoms with Crippen LogP contribution in [0.25, 0.3) is 0 Å². The van der Waals surface area contributed by atoms with Gasteiger partial charge < -0.3 is 20.1 Å². The van der Waals surface area contributed by atoms with E-state index in [1.54, 1.807) is 0 Å². The second kappa shape index (κ2) is 7.49. The summed E-state index contributed by atoms with van der Waals surface area (Å²) in [7, 11) is 0. The Hall–Kier alpha value is -1.76. The van der Waals surface area contributed by atoms with Crippen LogP contribution in [0.2, 0.25) is 0 Å². The lowest BCUT2D eigenvalue weighted by molar-refractivity contribution is -0.122. The Kier molecular flexibility index (Phi) is 5.65.